The van der Waals surface area contributed by atoms with E-state index in [9.17, 15) is 17.6 Å². The fraction of sp³-hybridized carbons (Fsp3) is 0.214. The van der Waals surface area contributed by atoms with Gasteiger partial charge in [0.05, 0.1) is 11.2 Å². The van der Waals surface area contributed by atoms with Crippen LogP contribution in [0.4, 0.5) is 4.39 Å². The highest BCUT2D eigenvalue weighted by atomic mass is 32.2. The summed E-state index contributed by atoms with van der Waals surface area (Å²) in [6.45, 7) is 1.17. The molecule has 0 saturated heterocycles. The Labute approximate surface area is 121 Å². The Kier molecular flexibility index (Phi) is 4.42. The lowest BCUT2D eigenvalue weighted by Crippen LogP contribution is -2.30. The third kappa shape index (κ3) is 3.49. The normalized spacial score (nSPS) is 12.9. The fourth-order valence-corrected chi connectivity index (χ4v) is 3.45. The highest BCUT2D eigenvalue weighted by Gasteiger charge is 2.31. The first-order chi connectivity index (χ1) is 9.91. The van der Waals surface area contributed by atoms with Gasteiger partial charge in [0.2, 0.25) is 5.91 Å². The van der Waals surface area contributed by atoms with Crippen molar-refractivity contribution in [3.63, 3.8) is 0 Å². The summed E-state index contributed by atoms with van der Waals surface area (Å²) in [5.41, 5.74) is 0. The Hall–Kier alpha value is -2.15. The largest absolute Gasteiger partial charge is 0.468 e. The summed E-state index contributed by atoms with van der Waals surface area (Å²) in [5.74, 6) is -0.653. The highest BCUT2D eigenvalue weighted by molar-refractivity contribution is 7.91. The molecule has 112 valence electrons. The molecule has 21 heavy (non-hydrogen) atoms. The summed E-state index contributed by atoms with van der Waals surface area (Å²) in [5, 5.41) is 1.40. The van der Waals surface area contributed by atoms with Crippen molar-refractivity contribution in [1.29, 1.82) is 0 Å². The van der Waals surface area contributed by atoms with Gasteiger partial charge in [0.15, 0.2) is 9.84 Å². The van der Waals surface area contributed by atoms with E-state index in [2.05, 4.69) is 5.32 Å². The number of carbonyl (C=O) groups is 1. The van der Waals surface area contributed by atoms with Gasteiger partial charge in [0, 0.05) is 13.5 Å². The molecule has 0 unspecified atom stereocenters. The number of sulfone groups is 1. The molecule has 0 fully saturated rings. The van der Waals surface area contributed by atoms with Gasteiger partial charge in [-0.15, -0.1) is 0 Å². The molecule has 1 aromatic heterocycles. The van der Waals surface area contributed by atoms with Crippen LogP contribution in [0.2, 0.25) is 0 Å². The van der Waals surface area contributed by atoms with Gasteiger partial charge in [0.25, 0.3) is 0 Å². The van der Waals surface area contributed by atoms with E-state index in [1.807, 2.05) is 0 Å². The van der Waals surface area contributed by atoms with Crippen molar-refractivity contribution in [2.24, 2.45) is 0 Å². The highest BCUT2D eigenvalue weighted by Crippen LogP contribution is 2.28. The van der Waals surface area contributed by atoms with Crippen molar-refractivity contribution >= 4 is 15.7 Å². The number of hydrogen-bond acceptors (Lipinski definition) is 4. The van der Waals surface area contributed by atoms with E-state index in [-0.39, 0.29) is 23.1 Å². The molecule has 7 heteroatoms. The van der Waals surface area contributed by atoms with Crippen molar-refractivity contribution in [2.45, 2.75) is 17.1 Å². The van der Waals surface area contributed by atoms with Gasteiger partial charge >= 0.3 is 0 Å². The quantitative estimate of drug-likeness (QED) is 0.858. The second-order valence-corrected chi connectivity index (χ2v) is 6.57. The Morgan fingerprint density at radius 3 is 2.48 bits per heavy atom. The van der Waals surface area contributed by atoms with Crippen LogP contribution in [0, 0.1) is 5.82 Å². The predicted molar refractivity (Wildman–Crippen MR) is 73.7 cm³/mol. The maximum Gasteiger partial charge on any atom is 0.216 e. The molecule has 1 N–H and O–H groups in total. The van der Waals surface area contributed by atoms with E-state index in [0.717, 1.165) is 12.1 Å². The first-order valence-corrected chi connectivity index (χ1v) is 7.73. The summed E-state index contributed by atoms with van der Waals surface area (Å²) >= 11 is 0. The monoisotopic (exact) mass is 311 g/mol. The lowest BCUT2D eigenvalue weighted by molar-refractivity contribution is -0.118. The molecule has 0 aliphatic heterocycles. The van der Waals surface area contributed by atoms with E-state index in [4.69, 9.17) is 4.42 Å². The minimum Gasteiger partial charge on any atom is -0.468 e. The molecule has 1 aromatic carbocycles. The molecular formula is C14H14FNO4S. The first-order valence-electron chi connectivity index (χ1n) is 6.18. The average Bonchev–Trinajstić information content (AvgIpc) is 2.92. The number of carbonyl (C=O) groups excluding carboxylic acids is 1. The van der Waals surface area contributed by atoms with E-state index in [0.29, 0.717) is 0 Å². The minimum atomic E-state index is -3.81. The average molecular weight is 311 g/mol. The van der Waals surface area contributed by atoms with E-state index in [1.165, 1.54) is 31.4 Å². The smallest absolute Gasteiger partial charge is 0.216 e. The topological polar surface area (TPSA) is 76.4 Å². The van der Waals surface area contributed by atoms with Crippen LogP contribution in [-0.2, 0) is 14.6 Å². The number of halogens is 1. The van der Waals surface area contributed by atoms with Crippen molar-refractivity contribution in [3.8, 4) is 0 Å². The van der Waals surface area contributed by atoms with Crippen LogP contribution < -0.4 is 5.32 Å². The lowest BCUT2D eigenvalue weighted by atomic mass is 10.3. The van der Waals surface area contributed by atoms with Crippen LogP contribution in [-0.4, -0.2) is 20.9 Å². The minimum absolute atomic E-state index is 0.0318. The molecule has 0 saturated carbocycles. The van der Waals surface area contributed by atoms with E-state index >= 15 is 0 Å². The molecule has 2 rings (SSSR count). The maximum atomic E-state index is 12.9. The number of hydrogen-bond donors (Lipinski definition) is 1. The molecule has 0 aliphatic carbocycles. The second kappa shape index (κ2) is 6.09. The molecule has 5 nitrogen and oxygen atoms in total. The van der Waals surface area contributed by atoms with Gasteiger partial charge in [-0.25, -0.2) is 12.8 Å². The van der Waals surface area contributed by atoms with Crippen LogP contribution in [0.15, 0.2) is 52.0 Å². The van der Waals surface area contributed by atoms with Gasteiger partial charge < -0.3 is 9.73 Å². The number of rotatable bonds is 5. The van der Waals surface area contributed by atoms with Crippen molar-refractivity contribution in [1.82, 2.24) is 5.32 Å². The van der Waals surface area contributed by atoms with Crippen molar-refractivity contribution in [3.05, 3.63) is 54.2 Å². The molecule has 0 radical (unpaired) electrons. The van der Waals surface area contributed by atoms with Crippen LogP contribution in [0.25, 0.3) is 0 Å². The number of benzene rings is 1. The second-order valence-electron chi connectivity index (χ2n) is 4.44. The molecular weight excluding hydrogens is 297 g/mol. The molecule has 0 spiro atoms. The molecule has 0 bridgehead atoms. The first kappa shape index (κ1) is 15.2. The summed E-state index contributed by atoms with van der Waals surface area (Å²) in [6, 6.07) is 7.61. The number of amides is 1. The molecule has 1 heterocycles. The molecule has 1 atom stereocenters. The summed E-state index contributed by atoms with van der Waals surface area (Å²) in [4.78, 5) is 11.0. The van der Waals surface area contributed by atoms with Gasteiger partial charge in [-0.2, -0.15) is 0 Å². The standard InChI is InChI=1S/C14H14FNO4S/c1-10(17)16-9-14(13-3-2-8-20-13)21(18,19)12-6-4-11(15)5-7-12/h2-8,14H,9H2,1H3,(H,16,17)/t14-/m0/s1. The maximum absolute atomic E-state index is 12.9. The Bertz CT molecular complexity index is 708. The zero-order valence-corrected chi connectivity index (χ0v) is 12.1. The summed E-state index contributed by atoms with van der Waals surface area (Å²) < 4.78 is 43.3. The van der Waals surface area contributed by atoms with Crippen molar-refractivity contribution in [2.75, 3.05) is 6.54 Å². The molecule has 2 aromatic rings. The van der Waals surface area contributed by atoms with E-state index in [1.54, 1.807) is 6.07 Å². The van der Waals surface area contributed by atoms with Gasteiger partial charge in [-0.1, -0.05) is 0 Å². The third-order valence-corrected chi connectivity index (χ3v) is 4.99. The third-order valence-electron chi connectivity index (χ3n) is 2.91. The van der Waals surface area contributed by atoms with Gasteiger partial charge in [0.1, 0.15) is 16.8 Å². The summed E-state index contributed by atoms with van der Waals surface area (Å²) in [7, 11) is -3.81. The molecule has 0 aliphatic rings. The Morgan fingerprint density at radius 2 is 1.95 bits per heavy atom. The zero-order chi connectivity index (χ0) is 15.5. The zero-order valence-electron chi connectivity index (χ0n) is 11.2. The lowest BCUT2D eigenvalue weighted by Gasteiger charge is -2.16. The Morgan fingerprint density at radius 1 is 1.29 bits per heavy atom. The number of nitrogens with one attached hydrogen (secondary N) is 1. The van der Waals surface area contributed by atoms with Crippen LogP contribution in [0.3, 0.4) is 0 Å². The van der Waals surface area contributed by atoms with Crippen LogP contribution in [0.5, 0.6) is 0 Å². The van der Waals surface area contributed by atoms with Crippen LogP contribution in [0.1, 0.15) is 17.9 Å². The SMILES string of the molecule is CC(=O)NC[C@@H](c1ccco1)S(=O)(=O)c1ccc(F)cc1. The number of furan rings is 1. The predicted octanol–water partition coefficient (Wildman–Crippen LogP) is 2.07. The molecule has 1 amide bonds. The van der Waals surface area contributed by atoms with E-state index < -0.39 is 20.9 Å². The fourth-order valence-electron chi connectivity index (χ4n) is 1.86. The summed E-state index contributed by atoms with van der Waals surface area (Å²) in [6.07, 6.45) is 1.36. The van der Waals surface area contributed by atoms with Crippen molar-refractivity contribution < 1.29 is 22.0 Å². The van der Waals surface area contributed by atoms with Gasteiger partial charge in [-0.3, -0.25) is 4.79 Å². The Balaban J connectivity index is 2.39. The van der Waals surface area contributed by atoms with Crippen LogP contribution >= 0.6 is 0 Å². The van der Waals surface area contributed by atoms with Gasteiger partial charge in [-0.05, 0) is 36.4 Å².